The van der Waals surface area contributed by atoms with Crippen molar-refractivity contribution in [2.75, 3.05) is 6.54 Å². The maximum absolute atomic E-state index is 12.7. The Bertz CT molecular complexity index is 1190. The fourth-order valence-electron chi connectivity index (χ4n) is 3.67. The zero-order chi connectivity index (χ0) is 20.4. The van der Waals surface area contributed by atoms with Gasteiger partial charge in [-0.3, -0.25) is 4.79 Å². The second-order valence-electron chi connectivity index (χ2n) is 7.75. The van der Waals surface area contributed by atoms with Crippen molar-refractivity contribution in [1.82, 2.24) is 10.3 Å². The van der Waals surface area contributed by atoms with Gasteiger partial charge in [0.1, 0.15) is 0 Å². The van der Waals surface area contributed by atoms with Gasteiger partial charge in [0.25, 0.3) is 5.91 Å². The van der Waals surface area contributed by atoms with Gasteiger partial charge < -0.3 is 10.3 Å². The molecule has 0 spiro atoms. The number of carbonyl (C=O) groups is 1. The summed E-state index contributed by atoms with van der Waals surface area (Å²) in [6.45, 7) is 6.92. The topological polar surface area (TPSA) is 44.9 Å². The minimum atomic E-state index is -0.0355. The van der Waals surface area contributed by atoms with Crippen LogP contribution in [0.25, 0.3) is 22.0 Å². The number of fused-ring (bicyclic) bond motifs is 1. The van der Waals surface area contributed by atoms with Gasteiger partial charge in [-0.25, -0.2) is 0 Å². The van der Waals surface area contributed by atoms with E-state index in [-0.39, 0.29) is 5.91 Å². The van der Waals surface area contributed by atoms with Gasteiger partial charge >= 0.3 is 0 Å². The lowest BCUT2D eigenvalue weighted by Gasteiger charge is -2.09. The Labute approximate surface area is 171 Å². The fourth-order valence-corrected chi connectivity index (χ4v) is 3.67. The van der Waals surface area contributed by atoms with Crippen molar-refractivity contribution in [3.8, 4) is 11.1 Å². The van der Waals surface area contributed by atoms with Gasteiger partial charge in [0.05, 0.1) is 0 Å². The fraction of sp³-hybridized carbons (Fsp3) is 0.192. The highest BCUT2D eigenvalue weighted by Gasteiger charge is 2.09. The van der Waals surface area contributed by atoms with Gasteiger partial charge in [0.15, 0.2) is 0 Å². The van der Waals surface area contributed by atoms with Crippen molar-refractivity contribution in [1.29, 1.82) is 0 Å². The average molecular weight is 383 g/mol. The number of rotatable bonds is 5. The first-order chi connectivity index (χ1) is 14.0. The lowest BCUT2D eigenvalue weighted by Crippen LogP contribution is -2.25. The van der Waals surface area contributed by atoms with Crippen LogP contribution in [0.5, 0.6) is 0 Å². The van der Waals surface area contributed by atoms with Crippen molar-refractivity contribution in [2.24, 2.45) is 0 Å². The number of amides is 1. The maximum Gasteiger partial charge on any atom is 0.251 e. The van der Waals surface area contributed by atoms with Crippen molar-refractivity contribution >= 4 is 16.8 Å². The Kier molecular flexibility index (Phi) is 5.22. The Morgan fingerprint density at radius 3 is 2.55 bits per heavy atom. The Morgan fingerprint density at radius 2 is 1.72 bits per heavy atom. The van der Waals surface area contributed by atoms with Gasteiger partial charge in [-0.2, -0.15) is 0 Å². The molecule has 4 aromatic rings. The van der Waals surface area contributed by atoms with E-state index in [1.807, 2.05) is 24.4 Å². The molecule has 0 bridgehead atoms. The monoisotopic (exact) mass is 382 g/mol. The summed E-state index contributed by atoms with van der Waals surface area (Å²) in [6.07, 6.45) is 2.84. The first-order valence-electron chi connectivity index (χ1n) is 10.0. The quantitative estimate of drug-likeness (QED) is 0.455. The van der Waals surface area contributed by atoms with E-state index >= 15 is 0 Å². The zero-order valence-electron chi connectivity index (χ0n) is 17.2. The second kappa shape index (κ2) is 7.96. The van der Waals surface area contributed by atoms with E-state index in [0.717, 1.165) is 23.1 Å². The summed E-state index contributed by atoms with van der Waals surface area (Å²) in [5.41, 5.74) is 9.03. The third-order valence-electron chi connectivity index (χ3n) is 5.57. The molecular weight excluding hydrogens is 356 g/mol. The minimum Gasteiger partial charge on any atom is -0.361 e. The molecule has 0 aliphatic rings. The smallest absolute Gasteiger partial charge is 0.251 e. The van der Waals surface area contributed by atoms with E-state index in [2.05, 4.69) is 73.5 Å². The van der Waals surface area contributed by atoms with Crippen LogP contribution < -0.4 is 5.32 Å². The Hall–Kier alpha value is -3.33. The zero-order valence-corrected chi connectivity index (χ0v) is 17.2. The van der Waals surface area contributed by atoms with Gasteiger partial charge in [-0.15, -0.1) is 0 Å². The van der Waals surface area contributed by atoms with Crippen LogP contribution in [0, 0.1) is 20.8 Å². The SMILES string of the molecule is Cc1ccc2[nH]cc(CCNC(=O)c3cccc(-c4ccc(C)c(C)c4)c3)c2c1. The number of aromatic nitrogens is 1. The number of hydrogen-bond acceptors (Lipinski definition) is 1. The van der Waals surface area contributed by atoms with E-state index in [4.69, 9.17) is 0 Å². The number of H-pyrrole nitrogens is 1. The molecule has 0 saturated heterocycles. The number of nitrogens with one attached hydrogen (secondary N) is 2. The largest absolute Gasteiger partial charge is 0.361 e. The van der Waals surface area contributed by atoms with Crippen LogP contribution >= 0.6 is 0 Å². The van der Waals surface area contributed by atoms with Crippen LogP contribution in [0.2, 0.25) is 0 Å². The van der Waals surface area contributed by atoms with E-state index in [9.17, 15) is 4.79 Å². The Balaban J connectivity index is 1.44. The van der Waals surface area contributed by atoms with Crippen molar-refractivity contribution in [3.63, 3.8) is 0 Å². The molecule has 2 N–H and O–H groups in total. The highest BCUT2D eigenvalue weighted by atomic mass is 16.1. The first-order valence-corrected chi connectivity index (χ1v) is 10.0. The maximum atomic E-state index is 12.7. The van der Waals surface area contributed by atoms with E-state index in [0.29, 0.717) is 12.1 Å². The summed E-state index contributed by atoms with van der Waals surface area (Å²) < 4.78 is 0. The van der Waals surface area contributed by atoms with Crippen LogP contribution in [0.4, 0.5) is 0 Å². The molecule has 1 aromatic heterocycles. The number of carbonyl (C=O) groups excluding carboxylic acids is 1. The minimum absolute atomic E-state index is 0.0355. The molecule has 29 heavy (non-hydrogen) atoms. The number of aryl methyl sites for hydroxylation is 3. The molecule has 0 atom stereocenters. The summed E-state index contributed by atoms with van der Waals surface area (Å²) in [5, 5.41) is 4.30. The Morgan fingerprint density at radius 1 is 0.897 bits per heavy atom. The van der Waals surface area contributed by atoms with Gasteiger partial charge in [-0.1, -0.05) is 42.0 Å². The first kappa shape index (κ1) is 19.0. The third-order valence-corrected chi connectivity index (χ3v) is 5.57. The van der Waals surface area contributed by atoms with Crippen LogP contribution in [-0.4, -0.2) is 17.4 Å². The highest BCUT2D eigenvalue weighted by Crippen LogP contribution is 2.23. The van der Waals surface area contributed by atoms with Crippen molar-refractivity contribution < 1.29 is 4.79 Å². The molecule has 0 fully saturated rings. The van der Waals surface area contributed by atoms with Crippen LogP contribution in [0.3, 0.4) is 0 Å². The molecule has 4 rings (SSSR count). The molecule has 3 nitrogen and oxygen atoms in total. The van der Waals surface area contributed by atoms with Crippen LogP contribution in [0.15, 0.2) is 66.9 Å². The highest BCUT2D eigenvalue weighted by molar-refractivity contribution is 5.95. The van der Waals surface area contributed by atoms with Gasteiger partial charge in [0, 0.05) is 29.2 Å². The molecule has 0 radical (unpaired) electrons. The van der Waals surface area contributed by atoms with Gasteiger partial charge in [-0.05, 0) is 79.3 Å². The predicted molar refractivity (Wildman–Crippen MR) is 120 cm³/mol. The van der Waals surface area contributed by atoms with E-state index < -0.39 is 0 Å². The average Bonchev–Trinajstić information content (AvgIpc) is 3.12. The van der Waals surface area contributed by atoms with Crippen molar-refractivity contribution in [3.05, 3.63) is 94.7 Å². The molecule has 3 aromatic carbocycles. The number of benzene rings is 3. The summed E-state index contributed by atoms with van der Waals surface area (Å²) in [7, 11) is 0. The number of hydrogen-bond donors (Lipinski definition) is 2. The third kappa shape index (κ3) is 4.09. The van der Waals surface area contributed by atoms with E-state index in [1.165, 1.54) is 27.6 Å². The summed E-state index contributed by atoms with van der Waals surface area (Å²) in [6, 6.07) is 20.6. The molecule has 1 heterocycles. The molecule has 1 amide bonds. The molecule has 3 heteroatoms. The predicted octanol–water partition coefficient (Wildman–Crippen LogP) is 5.73. The normalized spacial score (nSPS) is 11.0. The lowest BCUT2D eigenvalue weighted by atomic mass is 9.99. The summed E-state index contributed by atoms with van der Waals surface area (Å²) in [5.74, 6) is -0.0355. The number of aromatic amines is 1. The lowest BCUT2D eigenvalue weighted by molar-refractivity contribution is 0.0954. The molecular formula is C26H26N2O. The molecule has 0 aliphatic heterocycles. The summed E-state index contributed by atoms with van der Waals surface area (Å²) >= 11 is 0. The second-order valence-corrected chi connectivity index (χ2v) is 7.75. The molecule has 0 saturated carbocycles. The molecule has 0 unspecified atom stereocenters. The van der Waals surface area contributed by atoms with Gasteiger partial charge in [0.2, 0.25) is 0 Å². The van der Waals surface area contributed by atoms with E-state index in [1.54, 1.807) is 0 Å². The van der Waals surface area contributed by atoms with Crippen molar-refractivity contribution in [2.45, 2.75) is 27.2 Å². The van der Waals surface area contributed by atoms with Crippen LogP contribution in [-0.2, 0) is 6.42 Å². The standard InChI is InChI=1S/C26H26N2O/c1-17-7-10-25-24(13-17)23(16-28-25)11-12-27-26(29)22-6-4-5-20(15-22)21-9-8-18(2)19(3)14-21/h4-10,13-16,28H,11-12H2,1-3H3,(H,27,29). The summed E-state index contributed by atoms with van der Waals surface area (Å²) in [4.78, 5) is 16.0. The van der Waals surface area contributed by atoms with Crippen LogP contribution in [0.1, 0.15) is 32.6 Å². The molecule has 0 aliphatic carbocycles. The molecule has 146 valence electrons.